The van der Waals surface area contributed by atoms with Crippen LogP contribution in [0.15, 0.2) is 54.7 Å². The van der Waals surface area contributed by atoms with Gasteiger partial charge in [-0.25, -0.2) is 0 Å². The Morgan fingerprint density at radius 2 is 1.77 bits per heavy atom. The second kappa shape index (κ2) is 7.72. The minimum atomic E-state index is -0.952. The average molecular weight is 388 g/mol. The predicted octanol–water partition coefficient (Wildman–Crippen LogP) is 3.37. The number of carbonyl (C=O) groups is 2. The van der Waals surface area contributed by atoms with Gasteiger partial charge in [-0.3, -0.25) is 14.6 Å². The van der Waals surface area contributed by atoms with E-state index in [0.717, 1.165) is 10.9 Å². The number of primary amides is 1. The molecule has 0 radical (unpaired) electrons. The molecule has 2 amide bonds. The fraction of sp³-hybridized carbons (Fsp3) is 0.105. The molecule has 3 aromatic rings. The van der Waals surface area contributed by atoms with E-state index in [9.17, 15) is 9.59 Å². The number of nitrogens with one attached hydrogen (secondary N) is 1. The van der Waals surface area contributed by atoms with Crippen LogP contribution in [0.1, 0.15) is 15.9 Å². The first-order chi connectivity index (χ1) is 12.5. The number of aromatic nitrogens is 1. The van der Waals surface area contributed by atoms with Gasteiger partial charge in [0.2, 0.25) is 5.91 Å². The summed E-state index contributed by atoms with van der Waals surface area (Å²) >= 11 is 12.3. The molecule has 0 saturated carbocycles. The van der Waals surface area contributed by atoms with E-state index < -0.39 is 17.9 Å². The minimum absolute atomic E-state index is 0.0978. The highest BCUT2D eigenvalue weighted by Crippen LogP contribution is 2.25. The van der Waals surface area contributed by atoms with E-state index in [-0.39, 0.29) is 6.42 Å². The summed E-state index contributed by atoms with van der Waals surface area (Å²) in [4.78, 5) is 28.6. The van der Waals surface area contributed by atoms with Crippen molar-refractivity contribution in [3.8, 4) is 0 Å². The molecule has 0 unspecified atom stereocenters. The van der Waals surface area contributed by atoms with Crippen molar-refractivity contribution >= 4 is 45.9 Å². The first-order valence-electron chi connectivity index (χ1n) is 7.83. The van der Waals surface area contributed by atoms with Crippen molar-refractivity contribution in [1.82, 2.24) is 10.3 Å². The quantitative estimate of drug-likeness (QED) is 0.703. The number of rotatable bonds is 5. The summed E-state index contributed by atoms with van der Waals surface area (Å²) in [5, 5.41) is 4.27. The van der Waals surface area contributed by atoms with Crippen molar-refractivity contribution in [2.45, 2.75) is 12.5 Å². The number of hydrogen-bond donors (Lipinski definition) is 2. The molecule has 0 saturated heterocycles. The molecule has 0 spiro atoms. The summed E-state index contributed by atoms with van der Waals surface area (Å²) in [5.41, 5.74) is 7.11. The maximum atomic E-state index is 12.5. The second-order valence-corrected chi connectivity index (χ2v) is 6.56. The van der Waals surface area contributed by atoms with Gasteiger partial charge < -0.3 is 11.1 Å². The molecule has 0 fully saturated rings. The van der Waals surface area contributed by atoms with E-state index in [2.05, 4.69) is 10.3 Å². The van der Waals surface area contributed by atoms with E-state index in [1.165, 1.54) is 6.20 Å². The van der Waals surface area contributed by atoms with Crippen molar-refractivity contribution in [3.05, 3.63) is 75.9 Å². The monoisotopic (exact) mass is 387 g/mol. The van der Waals surface area contributed by atoms with Crippen LogP contribution in [0.5, 0.6) is 0 Å². The minimum Gasteiger partial charge on any atom is -0.368 e. The van der Waals surface area contributed by atoms with Crippen LogP contribution in [0.4, 0.5) is 0 Å². The molecule has 0 aliphatic carbocycles. The van der Waals surface area contributed by atoms with Crippen molar-refractivity contribution < 1.29 is 9.59 Å². The Kier molecular flexibility index (Phi) is 5.40. The fourth-order valence-corrected chi connectivity index (χ4v) is 3.14. The van der Waals surface area contributed by atoms with Gasteiger partial charge in [0.25, 0.3) is 5.91 Å². The van der Waals surface area contributed by atoms with Gasteiger partial charge in [-0.05, 0) is 29.8 Å². The molecule has 0 bridgehead atoms. The molecule has 132 valence electrons. The van der Waals surface area contributed by atoms with Gasteiger partial charge in [-0.2, -0.15) is 0 Å². The highest BCUT2D eigenvalue weighted by atomic mass is 35.5. The number of amides is 2. The van der Waals surface area contributed by atoms with Crippen LogP contribution in [0.25, 0.3) is 10.9 Å². The molecule has 5 nitrogen and oxygen atoms in total. The van der Waals surface area contributed by atoms with Gasteiger partial charge in [-0.1, -0.05) is 47.5 Å². The third-order valence-electron chi connectivity index (χ3n) is 3.97. The maximum Gasteiger partial charge on any atom is 0.253 e. The smallest absolute Gasteiger partial charge is 0.253 e. The van der Waals surface area contributed by atoms with Crippen LogP contribution in [-0.4, -0.2) is 22.8 Å². The molecule has 2 aromatic carbocycles. The molecule has 3 N–H and O–H groups in total. The van der Waals surface area contributed by atoms with Crippen LogP contribution in [0.2, 0.25) is 10.0 Å². The van der Waals surface area contributed by atoms with Gasteiger partial charge in [0, 0.05) is 28.0 Å². The lowest BCUT2D eigenvalue weighted by Crippen LogP contribution is -2.46. The first kappa shape index (κ1) is 18.2. The Balaban J connectivity index is 1.83. The van der Waals surface area contributed by atoms with Gasteiger partial charge in [0.15, 0.2) is 0 Å². The lowest BCUT2D eigenvalue weighted by Gasteiger charge is -2.17. The van der Waals surface area contributed by atoms with Gasteiger partial charge in [-0.15, -0.1) is 0 Å². The lowest BCUT2D eigenvalue weighted by molar-refractivity contribution is -0.119. The van der Waals surface area contributed by atoms with E-state index in [0.29, 0.717) is 21.2 Å². The molecular formula is C19H15Cl2N3O2. The lowest BCUT2D eigenvalue weighted by atomic mass is 10.0. The van der Waals surface area contributed by atoms with Crippen LogP contribution in [0, 0.1) is 0 Å². The summed E-state index contributed by atoms with van der Waals surface area (Å²) in [6.07, 6.45) is 1.55. The maximum absolute atomic E-state index is 12.5. The Hall–Kier alpha value is -2.63. The molecule has 1 heterocycles. The zero-order chi connectivity index (χ0) is 18.7. The molecule has 1 aromatic heterocycles. The van der Waals surface area contributed by atoms with Crippen LogP contribution in [0.3, 0.4) is 0 Å². The van der Waals surface area contributed by atoms with E-state index in [1.807, 2.05) is 24.3 Å². The Morgan fingerprint density at radius 3 is 2.46 bits per heavy atom. The molecule has 3 rings (SSSR count). The summed E-state index contributed by atoms with van der Waals surface area (Å²) in [6.45, 7) is 0. The van der Waals surface area contributed by atoms with Crippen LogP contribution < -0.4 is 11.1 Å². The molecular weight excluding hydrogens is 373 g/mol. The molecule has 1 atom stereocenters. The summed E-state index contributed by atoms with van der Waals surface area (Å²) in [5.74, 6) is -1.13. The zero-order valence-electron chi connectivity index (χ0n) is 13.6. The van der Waals surface area contributed by atoms with Crippen molar-refractivity contribution in [2.75, 3.05) is 0 Å². The van der Waals surface area contributed by atoms with E-state index in [1.54, 1.807) is 24.3 Å². The predicted molar refractivity (Wildman–Crippen MR) is 102 cm³/mol. The van der Waals surface area contributed by atoms with E-state index in [4.69, 9.17) is 28.9 Å². The van der Waals surface area contributed by atoms with Crippen molar-refractivity contribution in [2.24, 2.45) is 5.73 Å². The topological polar surface area (TPSA) is 85.1 Å². The molecule has 0 aliphatic heterocycles. The number of hydrogen-bond acceptors (Lipinski definition) is 3. The summed E-state index contributed by atoms with van der Waals surface area (Å²) < 4.78 is 0. The number of nitrogens with zero attached hydrogens (tertiary/aromatic N) is 1. The Bertz CT molecular complexity index is 971. The van der Waals surface area contributed by atoms with Crippen molar-refractivity contribution in [3.63, 3.8) is 0 Å². The van der Waals surface area contributed by atoms with Crippen LogP contribution in [-0.2, 0) is 11.2 Å². The number of nitrogens with two attached hydrogens (primary N) is 1. The average Bonchev–Trinajstić information content (AvgIpc) is 2.63. The standard InChI is InChI=1S/C19H15Cl2N3O2/c20-14-5-3-6-15(21)13(14)9-17(18(22)25)24-19(26)12-8-11-4-1-2-7-16(11)23-10-12/h1-8,10,17H,9H2,(H2,22,25)(H,24,26)/t17-/m0/s1. The summed E-state index contributed by atoms with van der Waals surface area (Å²) in [6, 6.07) is 13.2. The molecule has 0 aliphatic rings. The number of pyridine rings is 1. The van der Waals surface area contributed by atoms with Crippen LogP contribution >= 0.6 is 23.2 Å². The number of carbonyl (C=O) groups excluding carboxylic acids is 2. The highest BCUT2D eigenvalue weighted by molar-refractivity contribution is 6.36. The van der Waals surface area contributed by atoms with Gasteiger partial charge in [0.1, 0.15) is 6.04 Å². The number of benzene rings is 2. The normalized spacial score (nSPS) is 11.9. The molecule has 7 heteroatoms. The third-order valence-corrected chi connectivity index (χ3v) is 4.68. The Labute approximate surface area is 160 Å². The zero-order valence-corrected chi connectivity index (χ0v) is 15.1. The van der Waals surface area contributed by atoms with Gasteiger partial charge >= 0.3 is 0 Å². The van der Waals surface area contributed by atoms with Crippen molar-refractivity contribution in [1.29, 1.82) is 0 Å². The van der Waals surface area contributed by atoms with E-state index >= 15 is 0 Å². The SMILES string of the molecule is NC(=O)[C@H](Cc1c(Cl)cccc1Cl)NC(=O)c1cnc2ccccc2c1. The number of para-hydroxylation sites is 1. The summed E-state index contributed by atoms with van der Waals surface area (Å²) in [7, 11) is 0. The van der Waals surface area contributed by atoms with Gasteiger partial charge in [0.05, 0.1) is 11.1 Å². The third kappa shape index (κ3) is 3.95. The fourth-order valence-electron chi connectivity index (χ4n) is 2.59. The second-order valence-electron chi connectivity index (χ2n) is 5.75. The Morgan fingerprint density at radius 1 is 1.08 bits per heavy atom. The number of fused-ring (bicyclic) bond motifs is 1. The highest BCUT2D eigenvalue weighted by Gasteiger charge is 2.22. The first-order valence-corrected chi connectivity index (χ1v) is 8.59. The largest absolute Gasteiger partial charge is 0.368 e. The molecule has 26 heavy (non-hydrogen) atoms. The number of halogens is 2.